The Labute approximate surface area is 108 Å². The minimum Gasteiger partial charge on any atom is -0.353 e. The molecule has 2 aromatic carbocycles. The van der Waals surface area contributed by atoms with E-state index in [0.717, 1.165) is 26.6 Å². The normalized spacial score (nSPS) is 11.6. The summed E-state index contributed by atoms with van der Waals surface area (Å²) in [7, 11) is 0. The molecule has 0 saturated carbocycles. The number of H-pyrrole nitrogens is 2. The van der Waals surface area contributed by atoms with E-state index >= 15 is 0 Å². The molecule has 0 fully saturated rings. The third-order valence-corrected chi connectivity index (χ3v) is 3.71. The average molecular weight is 250 g/mol. The number of fused-ring (bicyclic) bond motifs is 5. The first-order chi connectivity index (χ1) is 8.84. The van der Waals surface area contributed by atoms with Gasteiger partial charge in [-0.25, -0.2) is 0 Å². The van der Waals surface area contributed by atoms with Gasteiger partial charge in [-0.05, 0) is 6.07 Å². The second-order valence-electron chi connectivity index (χ2n) is 4.42. The van der Waals surface area contributed by atoms with Crippen LogP contribution in [0, 0.1) is 4.64 Å². The number of aromatic amines is 2. The zero-order valence-electron chi connectivity index (χ0n) is 9.53. The molecule has 0 spiro atoms. The monoisotopic (exact) mass is 250 g/mol. The molecular weight excluding hydrogens is 240 g/mol. The van der Waals surface area contributed by atoms with Crippen molar-refractivity contribution in [1.29, 1.82) is 0 Å². The van der Waals surface area contributed by atoms with E-state index in [1.807, 2.05) is 24.3 Å². The second-order valence-corrected chi connectivity index (χ2v) is 4.83. The highest BCUT2D eigenvalue weighted by Crippen LogP contribution is 2.29. The standard InChI is InChI=1S/C15H10N2S/c18-15-10-6-2-1-5-9(10)13-14(17-15)11-7-3-4-8-12(11)16-13/h1-8,16H,(H,17,18). The molecule has 86 valence electrons. The van der Waals surface area contributed by atoms with Crippen molar-refractivity contribution in [3.63, 3.8) is 0 Å². The van der Waals surface area contributed by atoms with Gasteiger partial charge in [0.2, 0.25) is 0 Å². The summed E-state index contributed by atoms with van der Waals surface area (Å²) < 4.78 is 0.794. The van der Waals surface area contributed by atoms with Gasteiger partial charge in [0, 0.05) is 21.7 Å². The molecule has 4 rings (SSSR count). The summed E-state index contributed by atoms with van der Waals surface area (Å²) in [5, 5.41) is 3.45. The molecule has 0 aliphatic heterocycles. The van der Waals surface area contributed by atoms with Crippen LogP contribution in [0.15, 0.2) is 48.5 Å². The van der Waals surface area contributed by atoms with Crippen LogP contribution in [0.5, 0.6) is 0 Å². The van der Waals surface area contributed by atoms with Crippen molar-refractivity contribution in [3.8, 4) is 0 Å². The summed E-state index contributed by atoms with van der Waals surface area (Å²) in [6.45, 7) is 0. The van der Waals surface area contributed by atoms with Crippen molar-refractivity contribution in [2.45, 2.75) is 0 Å². The van der Waals surface area contributed by atoms with Crippen molar-refractivity contribution in [1.82, 2.24) is 9.97 Å². The highest BCUT2D eigenvalue weighted by Gasteiger charge is 2.08. The lowest BCUT2D eigenvalue weighted by Crippen LogP contribution is -1.81. The van der Waals surface area contributed by atoms with Crippen LogP contribution in [0.3, 0.4) is 0 Å². The number of aromatic nitrogens is 2. The van der Waals surface area contributed by atoms with Gasteiger partial charge in [-0.1, -0.05) is 54.7 Å². The molecule has 18 heavy (non-hydrogen) atoms. The van der Waals surface area contributed by atoms with Crippen molar-refractivity contribution in [2.24, 2.45) is 0 Å². The largest absolute Gasteiger partial charge is 0.353 e. The van der Waals surface area contributed by atoms with E-state index in [1.165, 1.54) is 10.8 Å². The summed E-state index contributed by atoms with van der Waals surface area (Å²) in [6.07, 6.45) is 0. The van der Waals surface area contributed by atoms with Crippen molar-refractivity contribution >= 4 is 44.9 Å². The topological polar surface area (TPSA) is 31.6 Å². The van der Waals surface area contributed by atoms with Crippen LogP contribution in [-0.4, -0.2) is 9.97 Å². The predicted molar refractivity (Wildman–Crippen MR) is 78.5 cm³/mol. The van der Waals surface area contributed by atoms with Crippen LogP contribution in [0.2, 0.25) is 0 Å². The van der Waals surface area contributed by atoms with Gasteiger partial charge in [0.15, 0.2) is 0 Å². The summed E-state index contributed by atoms with van der Waals surface area (Å²) in [6, 6.07) is 16.5. The molecule has 0 aliphatic rings. The quantitative estimate of drug-likeness (QED) is 0.441. The maximum atomic E-state index is 5.44. The zero-order valence-corrected chi connectivity index (χ0v) is 10.3. The van der Waals surface area contributed by atoms with Gasteiger partial charge >= 0.3 is 0 Å². The number of hydrogen-bond donors (Lipinski definition) is 2. The predicted octanol–water partition coefficient (Wildman–Crippen LogP) is 4.53. The number of benzene rings is 2. The van der Waals surface area contributed by atoms with E-state index < -0.39 is 0 Å². The van der Waals surface area contributed by atoms with Crippen LogP contribution in [0.25, 0.3) is 32.7 Å². The Bertz CT molecular complexity index is 947. The Morgan fingerprint density at radius 2 is 1.28 bits per heavy atom. The number of rotatable bonds is 0. The Morgan fingerprint density at radius 1 is 0.667 bits per heavy atom. The molecule has 2 aromatic heterocycles. The third-order valence-electron chi connectivity index (χ3n) is 3.39. The molecule has 0 bridgehead atoms. The SMILES string of the molecule is S=c1[nH]c2c3ccccc3[nH]c2c2ccccc12. The van der Waals surface area contributed by atoms with E-state index in [9.17, 15) is 0 Å². The van der Waals surface area contributed by atoms with Gasteiger partial charge < -0.3 is 9.97 Å². The smallest absolute Gasteiger partial charge is 0.111 e. The fourth-order valence-electron chi connectivity index (χ4n) is 2.55. The van der Waals surface area contributed by atoms with Crippen LogP contribution >= 0.6 is 12.2 Å². The average Bonchev–Trinajstić information content (AvgIpc) is 2.78. The molecule has 3 heteroatoms. The Kier molecular flexibility index (Phi) is 1.88. The van der Waals surface area contributed by atoms with Gasteiger partial charge in [-0.2, -0.15) is 0 Å². The number of hydrogen-bond acceptors (Lipinski definition) is 1. The van der Waals surface area contributed by atoms with Crippen LogP contribution in [0.1, 0.15) is 0 Å². The molecule has 2 N–H and O–H groups in total. The highest BCUT2D eigenvalue weighted by molar-refractivity contribution is 7.71. The minimum atomic E-state index is 0.794. The van der Waals surface area contributed by atoms with Crippen molar-refractivity contribution in [3.05, 3.63) is 53.2 Å². The van der Waals surface area contributed by atoms with Crippen molar-refractivity contribution < 1.29 is 0 Å². The van der Waals surface area contributed by atoms with Gasteiger partial charge in [0.05, 0.1) is 11.0 Å². The molecule has 2 nitrogen and oxygen atoms in total. The molecule has 0 unspecified atom stereocenters. The molecule has 0 radical (unpaired) electrons. The Hall–Kier alpha value is -2.13. The lowest BCUT2D eigenvalue weighted by atomic mass is 10.1. The number of nitrogens with one attached hydrogen (secondary N) is 2. The molecule has 2 heterocycles. The fraction of sp³-hybridized carbons (Fsp3) is 0. The second kappa shape index (κ2) is 3.43. The maximum Gasteiger partial charge on any atom is 0.111 e. The summed E-state index contributed by atoms with van der Waals surface area (Å²) in [5.74, 6) is 0. The number of pyridine rings is 1. The van der Waals surface area contributed by atoms with E-state index in [0.29, 0.717) is 0 Å². The first-order valence-electron chi connectivity index (χ1n) is 5.86. The summed E-state index contributed by atoms with van der Waals surface area (Å²) >= 11 is 5.44. The minimum absolute atomic E-state index is 0.794. The third kappa shape index (κ3) is 1.19. The molecule has 0 aliphatic carbocycles. The molecular formula is C15H10N2S. The van der Waals surface area contributed by atoms with E-state index in [4.69, 9.17) is 12.2 Å². The molecule has 4 aromatic rings. The Balaban J connectivity index is 2.40. The first-order valence-corrected chi connectivity index (χ1v) is 6.27. The van der Waals surface area contributed by atoms with E-state index in [2.05, 4.69) is 34.2 Å². The van der Waals surface area contributed by atoms with Crippen LogP contribution in [0.4, 0.5) is 0 Å². The maximum absolute atomic E-state index is 5.44. The van der Waals surface area contributed by atoms with Crippen molar-refractivity contribution in [2.75, 3.05) is 0 Å². The Morgan fingerprint density at radius 3 is 2.11 bits per heavy atom. The van der Waals surface area contributed by atoms with E-state index in [-0.39, 0.29) is 0 Å². The lowest BCUT2D eigenvalue weighted by molar-refractivity contribution is 1.42. The highest BCUT2D eigenvalue weighted by atomic mass is 32.1. The van der Waals surface area contributed by atoms with Gasteiger partial charge in [0.1, 0.15) is 4.64 Å². The van der Waals surface area contributed by atoms with Crippen LogP contribution < -0.4 is 0 Å². The first kappa shape index (κ1) is 9.85. The molecule has 0 amide bonds. The zero-order chi connectivity index (χ0) is 12.1. The summed E-state index contributed by atoms with van der Waals surface area (Å²) in [5.41, 5.74) is 3.35. The number of para-hydroxylation sites is 1. The molecule has 0 atom stereocenters. The fourth-order valence-corrected chi connectivity index (χ4v) is 2.83. The van der Waals surface area contributed by atoms with Gasteiger partial charge in [0.25, 0.3) is 0 Å². The molecule has 0 saturated heterocycles. The van der Waals surface area contributed by atoms with Gasteiger partial charge in [-0.15, -0.1) is 0 Å². The van der Waals surface area contributed by atoms with Gasteiger partial charge in [-0.3, -0.25) is 0 Å². The van der Waals surface area contributed by atoms with E-state index in [1.54, 1.807) is 0 Å². The lowest BCUT2D eigenvalue weighted by Gasteiger charge is -2.00. The summed E-state index contributed by atoms with van der Waals surface area (Å²) in [4.78, 5) is 6.81. The van der Waals surface area contributed by atoms with Crippen LogP contribution in [-0.2, 0) is 0 Å².